The molecule has 0 radical (unpaired) electrons. The molecule has 0 aromatic carbocycles. The molecule has 3 heteroatoms. The molecule has 1 atom stereocenters. The van der Waals surface area contributed by atoms with E-state index in [1.54, 1.807) is 11.3 Å². The number of rotatable bonds is 2. The van der Waals surface area contributed by atoms with Gasteiger partial charge in [-0.1, -0.05) is 0 Å². The van der Waals surface area contributed by atoms with Crippen LogP contribution in [0.2, 0.25) is 0 Å². The van der Waals surface area contributed by atoms with Crippen molar-refractivity contribution in [2.24, 2.45) is 5.73 Å². The maximum atomic E-state index is 8.99. The zero-order chi connectivity index (χ0) is 9.26. The quantitative estimate of drug-likeness (QED) is 0.756. The highest BCUT2D eigenvalue weighted by molar-refractivity contribution is 7.10. The molecular formula is C10H15NOS. The predicted molar refractivity (Wildman–Crippen MR) is 55.0 cm³/mol. The highest BCUT2D eigenvalue weighted by atomic mass is 32.1. The molecule has 0 amide bonds. The van der Waals surface area contributed by atoms with Crippen LogP contribution < -0.4 is 5.73 Å². The van der Waals surface area contributed by atoms with E-state index < -0.39 is 0 Å². The van der Waals surface area contributed by atoms with Gasteiger partial charge in [-0.15, -0.1) is 11.3 Å². The lowest BCUT2D eigenvalue weighted by Gasteiger charge is -2.15. The van der Waals surface area contributed by atoms with E-state index in [0.717, 1.165) is 6.42 Å². The lowest BCUT2D eigenvalue weighted by atomic mass is 9.93. The molecule has 2 rings (SSSR count). The molecule has 0 bridgehead atoms. The molecule has 2 nitrogen and oxygen atoms in total. The van der Waals surface area contributed by atoms with Crippen molar-refractivity contribution in [1.29, 1.82) is 0 Å². The minimum Gasteiger partial charge on any atom is -0.394 e. The average Bonchev–Trinajstić information content (AvgIpc) is 2.60. The summed E-state index contributed by atoms with van der Waals surface area (Å²) >= 11 is 1.80. The number of nitrogens with two attached hydrogens (primary N) is 1. The summed E-state index contributed by atoms with van der Waals surface area (Å²) in [6.07, 6.45) is 4.94. The number of aliphatic hydroxyl groups is 1. The van der Waals surface area contributed by atoms with Gasteiger partial charge in [0.05, 0.1) is 12.6 Å². The number of hydrogen-bond donors (Lipinski definition) is 2. The zero-order valence-electron chi connectivity index (χ0n) is 7.62. The molecule has 0 spiro atoms. The van der Waals surface area contributed by atoms with Crippen LogP contribution in [-0.2, 0) is 12.8 Å². The normalized spacial score (nSPS) is 18.3. The van der Waals surface area contributed by atoms with Gasteiger partial charge < -0.3 is 10.8 Å². The van der Waals surface area contributed by atoms with Gasteiger partial charge >= 0.3 is 0 Å². The Bertz CT molecular complexity index is 295. The molecule has 1 aromatic heterocycles. The van der Waals surface area contributed by atoms with Crippen LogP contribution in [0.5, 0.6) is 0 Å². The van der Waals surface area contributed by atoms with Gasteiger partial charge in [-0.3, -0.25) is 0 Å². The summed E-state index contributed by atoms with van der Waals surface area (Å²) in [6, 6.07) is -0.168. The molecule has 72 valence electrons. The first kappa shape index (κ1) is 9.19. The Morgan fingerprint density at radius 3 is 3.00 bits per heavy atom. The number of hydrogen-bond acceptors (Lipinski definition) is 3. The highest BCUT2D eigenvalue weighted by Gasteiger charge is 2.18. The van der Waals surface area contributed by atoms with Crippen molar-refractivity contribution < 1.29 is 5.11 Å². The second-order valence-corrected chi connectivity index (χ2v) is 4.55. The van der Waals surface area contributed by atoms with Gasteiger partial charge in [-0.2, -0.15) is 0 Å². The van der Waals surface area contributed by atoms with Crippen molar-refractivity contribution in [3.05, 3.63) is 21.4 Å². The summed E-state index contributed by atoms with van der Waals surface area (Å²) in [5.74, 6) is 0. The fourth-order valence-corrected chi connectivity index (χ4v) is 3.14. The molecule has 0 saturated carbocycles. The van der Waals surface area contributed by atoms with Crippen LogP contribution in [0.25, 0.3) is 0 Å². The van der Waals surface area contributed by atoms with E-state index >= 15 is 0 Å². The van der Waals surface area contributed by atoms with E-state index in [4.69, 9.17) is 10.8 Å². The highest BCUT2D eigenvalue weighted by Crippen LogP contribution is 2.32. The largest absolute Gasteiger partial charge is 0.394 e. The summed E-state index contributed by atoms with van der Waals surface area (Å²) in [7, 11) is 0. The fourth-order valence-electron chi connectivity index (χ4n) is 1.93. The van der Waals surface area contributed by atoms with E-state index in [1.165, 1.54) is 35.3 Å². The Balaban J connectivity index is 2.31. The van der Waals surface area contributed by atoms with Crippen molar-refractivity contribution in [2.75, 3.05) is 6.61 Å². The molecule has 0 aliphatic heterocycles. The van der Waals surface area contributed by atoms with E-state index in [1.807, 2.05) is 0 Å². The SMILES string of the molecule is N[C@H](CO)c1csc2c1CCCC2. The summed E-state index contributed by atoms with van der Waals surface area (Å²) in [5, 5.41) is 11.1. The first-order valence-corrected chi connectivity index (χ1v) is 5.66. The molecule has 1 heterocycles. The monoisotopic (exact) mass is 197 g/mol. The minimum absolute atomic E-state index is 0.0587. The Morgan fingerprint density at radius 1 is 1.46 bits per heavy atom. The molecule has 0 saturated heterocycles. The van der Waals surface area contributed by atoms with E-state index in [0.29, 0.717) is 0 Å². The van der Waals surface area contributed by atoms with Gasteiger partial charge in [-0.25, -0.2) is 0 Å². The Morgan fingerprint density at radius 2 is 2.23 bits per heavy atom. The van der Waals surface area contributed by atoms with Gasteiger partial charge in [-0.05, 0) is 42.2 Å². The summed E-state index contributed by atoms with van der Waals surface area (Å²) in [5.41, 5.74) is 8.43. The topological polar surface area (TPSA) is 46.2 Å². The van der Waals surface area contributed by atoms with Crippen molar-refractivity contribution >= 4 is 11.3 Å². The van der Waals surface area contributed by atoms with Crippen LogP contribution >= 0.6 is 11.3 Å². The van der Waals surface area contributed by atoms with Crippen LogP contribution in [0, 0.1) is 0 Å². The number of aliphatic hydroxyl groups excluding tert-OH is 1. The first-order chi connectivity index (χ1) is 6.33. The first-order valence-electron chi connectivity index (χ1n) is 4.78. The fraction of sp³-hybridized carbons (Fsp3) is 0.600. The minimum atomic E-state index is -0.168. The Labute approximate surface area is 82.4 Å². The third kappa shape index (κ3) is 1.64. The van der Waals surface area contributed by atoms with E-state index in [2.05, 4.69) is 5.38 Å². The summed E-state index contributed by atoms with van der Waals surface area (Å²) < 4.78 is 0. The molecule has 0 fully saturated rings. The van der Waals surface area contributed by atoms with E-state index in [-0.39, 0.29) is 12.6 Å². The molecular weight excluding hydrogens is 182 g/mol. The third-order valence-electron chi connectivity index (χ3n) is 2.69. The summed E-state index contributed by atoms with van der Waals surface area (Å²) in [4.78, 5) is 1.49. The lowest BCUT2D eigenvalue weighted by Crippen LogP contribution is -2.16. The average molecular weight is 197 g/mol. The second kappa shape index (κ2) is 3.78. The van der Waals surface area contributed by atoms with Gasteiger partial charge in [0.1, 0.15) is 0 Å². The van der Waals surface area contributed by atoms with Crippen molar-refractivity contribution in [1.82, 2.24) is 0 Å². The second-order valence-electron chi connectivity index (χ2n) is 3.59. The number of fused-ring (bicyclic) bond motifs is 1. The Kier molecular flexibility index (Phi) is 2.67. The van der Waals surface area contributed by atoms with E-state index in [9.17, 15) is 0 Å². The molecule has 13 heavy (non-hydrogen) atoms. The van der Waals surface area contributed by atoms with Gasteiger partial charge in [0.25, 0.3) is 0 Å². The molecule has 1 aliphatic rings. The van der Waals surface area contributed by atoms with Gasteiger partial charge in [0, 0.05) is 4.88 Å². The standard InChI is InChI=1S/C10H15NOS/c11-9(5-12)8-6-13-10-4-2-1-3-7(8)10/h6,9,12H,1-5,11H2/t9-/m1/s1. The van der Waals surface area contributed by atoms with Crippen LogP contribution in [0.4, 0.5) is 0 Å². The molecule has 1 aromatic rings. The van der Waals surface area contributed by atoms with Crippen LogP contribution in [0.3, 0.4) is 0 Å². The number of thiophene rings is 1. The molecule has 3 N–H and O–H groups in total. The van der Waals surface area contributed by atoms with Crippen molar-refractivity contribution in [3.8, 4) is 0 Å². The maximum Gasteiger partial charge on any atom is 0.0624 e. The zero-order valence-corrected chi connectivity index (χ0v) is 8.44. The third-order valence-corrected chi connectivity index (χ3v) is 3.80. The van der Waals surface area contributed by atoms with Crippen LogP contribution in [-0.4, -0.2) is 11.7 Å². The maximum absolute atomic E-state index is 8.99. The smallest absolute Gasteiger partial charge is 0.0624 e. The summed E-state index contributed by atoms with van der Waals surface area (Å²) in [6.45, 7) is 0.0587. The van der Waals surface area contributed by atoms with Crippen molar-refractivity contribution in [2.45, 2.75) is 31.7 Å². The number of aryl methyl sites for hydroxylation is 1. The lowest BCUT2D eigenvalue weighted by molar-refractivity contribution is 0.267. The van der Waals surface area contributed by atoms with Crippen LogP contribution in [0.15, 0.2) is 5.38 Å². The Hall–Kier alpha value is -0.380. The van der Waals surface area contributed by atoms with Gasteiger partial charge in [0.15, 0.2) is 0 Å². The molecule has 1 aliphatic carbocycles. The molecule has 0 unspecified atom stereocenters. The van der Waals surface area contributed by atoms with Crippen molar-refractivity contribution in [3.63, 3.8) is 0 Å². The van der Waals surface area contributed by atoms with Crippen LogP contribution in [0.1, 0.15) is 34.9 Å². The predicted octanol–water partition coefficient (Wildman–Crippen LogP) is 1.62. The van der Waals surface area contributed by atoms with Gasteiger partial charge in [0.2, 0.25) is 0 Å².